The molecule has 0 atom stereocenters. The number of hydrogen-bond donors (Lipinski definition) is 0. The van der Waals surface area contributed by atoms with Crippen molar-refractivity contribution in [2.75, 3.05) is 0 Å². The summed E-state index contributed by atoms with van der Waals surface area (Å²) in [6, 6.07) is 8.37. The molecule has 21 heavy (non-hydrogen) atoms. The van der Waals surface area contributed by atoms with Crippen LogP contribution in [0, 0.1) is 0 Å². The third kappa shape index (κ3) is 5.24. The van der Waals surface area contributed by atoms with E-state index < -0.39 is 0 Å². The second-order valence-corrected chi connectivity index (χ2v) is 5.97. The van der Waals surface area contributed by atoms with Crippen LogP contribution in [-0.4, -0.2) is 9.97 Å². The van der Waals surface area contributed by atoms with Gasteiger partial charge in [0, 0.05) is 23.3 Å². The van der Waals surface area contributed by atoms with Gasteiger partial charge in [0.2, 0.25) is 0 Å². The number of benzene rings is 1. The number of nitrogens with zero attached hydrogens (tertiary/aromatic N) is 2. The van der Waals surface area contributed by atoms with Crippen LogP contribution in [0.5, 0.6) is 0 Å². The quantitative estimate of drug-likeness (QED) is 0.462. The van der Waals surface area contributed by atoms with Crippen molar-refractivity contribution in [2.45, 2.75) is 50.8 Å². The molecule has 0 spiro atoms. The van der Waals surface area contributed by atoms with Crippen molar-refractivity contribution in [1.82, 2.24) is 9.97 Å². The molecule has 0 aliphatic heterocycles. The highest BCUT2D eigenvalue weighted by Crippen LogP contribution is 2.17. The first-order valence-electron chi connectivity index (χ1n) is 7.79. The number of halogens is 1. The Morgan fingerprint density at radius 2 is 1.52 bits per heavy atom. The Labute approximate surface area is 136 Å². The zero-order valence-corrected chi connectivity index (χ0v) is 14.3. The van der Waals surface area contributed by atoms with Gasteiger partial charge in [-0.2, -0.15) is 0 Å². The first kappa shape index (κ1) is 16.2. The van der Waals surface area contributed by atoms with Crippen LogP contribution in [0.15, 0.2) is 36.7 Å². The van der Waals surface area contributed by atoms with Crippen molar-refractivity contribution in [3.8, 4) is 11.4 Å². The first-order valence-corrected chi connectivity index (χ1v) is 8.92. The highest BCUT2D eigenvalue weighted by atomic mass is 79.9. The third-order valence-electron chi connectivity index (χ3n) is 3.64. The van der Waals surface area contributed by atoms with E-state index in [-0.39, 0.29) is 0 Å². The zero-order chi connectivity index (χ0) is 14.9. The molecule has 1 aromatic carbocycles. The minimum Gasteiger partial charge on any atom is -0.236 e. The average Bonchev–Trinajstić information content (AvgIpc) is 2.55. The van der Waals surface area contributed by atoms with E-state index in [4.69, 9.17) is 0 Å². The van der Waals surface area contributed by atoms with Gasteiger partial charge in [0.25, 0.3) is 0 Å². The summed E-state index contributed by atoms with van der Waals surface area (Å²) in [5.41, 5.74) is 3.59. The largest absolute Gasteiger partial charge is 0.236 e. The van der Waals surface area contributed by atoms with E-state index in [1.54, 1.807) is 0 Å². The van der Waals surface area contributed by atoms with Crippen LogP contribution in [0.3, 0.4) is 0 Å². The van der Waals surface area contributed by atoms with E-state index >= 15 is 0 Å². The van der Waals surface area contributed by atoms with Crippen LogP contribution in [0.2, 0.25) is 0 Å². The molecule has 2 nitrogen and oxygen atoms in total. The maximum Gasteiger partial charge on any atom is 0.159 e. The van der Waals surface area contributed by atoms with Crippen LogP contribution in [0.25, 0.3) is 11.4 Å². The van der Waals surface area contributed by atoms with Crippen molar-refractivity contribution in [1.29, 1.82) is 0 Å². The topological polar surface area (TPSA) is 25.8 Å². The Kier molecular flexibility index (Phi) is 6.87. The molecule has 0 unspecified atom stereocenters. The molecule has 3 heteroatoms. The molecule has 1 aromatic heterocycles. The maximum atomic E-state index is 4.50. The monoisotopic (exact) mass is 346 g/mol. The lowest BCUT2D eigenvalue weighted by Gasteiger charge is -2.04. The molecule has 0 aliphatic rings. The van der Waals surface area contributed by atoms with Crippen molar-refractivity contribution < 1.29 is 0 Å². The highest BCUT2D eigenvalue weighted by Gasteiger charge is 2.02. The van der Waals surface area contributed by atoms with Crippen molar-refractivity contribution in [3.05, 3.63) is 47.8 Å². The maximum absolute atomic E-state index is 4.50. The molecular weight excluding hydrogens is 324 g/mol. The number of aromatic nitrogens is 2. The number of rotatable bonds is 8. The standard InChI is InChI=1S/C18H23BrN2/c1-2-3-4-5-6-7-16-13-20-18(21-14-16)17-10-8-15(12-19)9-11-17/h8-11,13-14H,2-7,12H2,1H3. The molecule has 0 bridgehead atoms. The lowest BCUT2D eigenvalue weighted by Crippen LogP contribution is -1.93. The van der Waals surface area contributed by atoms with Crippen molar-refractivity contribution >= 4 is 15.9 Å². The van der Waals surface area contributed by atoms with Gasteiger partial charge in [-0.05, 0) is 24.0 Å². The van der Waals surface area contributed by atoms with Gasteiger partial charge in [-0.3, -0.25) is 0 Å². The van der Waals surface area contributed by atoms with Gasteiger partial charge in [-0.1, -0.05) is 72.8 Å². The van der Waals surface area contributed by atoms with Gasteiger partial charge in [0.05, 0.1) is 0 Å². The summed E-state index contributed by atoms with van der Waals surface area (Å²) >= 11 is 3.46. The molecule has 112 valence electrons. The summed E-state index contributed by atoms with van der Waals surface area (Å²) in [7, 11) is 0. The summed E-state index contributed by atoms with van der Waals surface area (Å²) in [4.78, 5) is 8.99. The fraction of sp³-hybridized carbons (Fsp3) is 0.444. The smallest absolute Gasteiger partial charge is 0.159 e. The van der Waals surface area contributed by atoms with Crippen LogP contribution >= 0.6 is 15.9 Å². The summed E-state index contributed by atoms with van der Waals surface area (Å²) in [6.45, 7) is 2.25. The molecule has 0 radical (unpaired) electrons. The number of aryl methyl sites for hydroxylation is 1. The first-order chi connectivity index (χ1) is 10.3. The summed E-state index contributed by atoms with van der Waals surface area (Å²) < 4.78 is 0. The molecule has 2 rings (SSSR count). The van der Waals surface area contributed by atoms with Gasteiger partial charge >= 0.3 is 0 Å². The van der Waals surface area contributed by atoms with E-state index in [1.165, 1.54) is 43.2 Å². The predicted molar refractivity (Wildman–Crippen MR) is 92.6 cm³/mol. The molecule has 0 saturated heterocycles. The molecule has 0 aliphatic carbocycles. The van der Waals surface area contributed by atoms with Gasteiger partial charge in [0.1, 0.15) is 0 Å². The van der Waals surface area contributed by atoms with Crippen LogP contribution in [0.4, 0.5) is 0 Å². The molecule has 2 aromatic rings. The normalized spacial score (nSPS) is 10.8. The summed E-state index contributed by atoms with van der Waals surface area (Å²) in [5.74, 6) is 0.811. The molecule has 0 amide bonds. The highest BCUT2D eigenvalue weighted by molar-refractivity contribution is 9.08. The summed E-state index contributed by atoms with van der Waals surface area (Å²) in [6.07, 6.45) is 11.6. The molecule has 0 fully saturated rings. The number of unbranched alkanes of at least 4 members (excludes halogenated alkanes) is 4. The molecule has 0 N–H and O–H groups in total. The minimum atomic E-state index is 0.811. The summed E-state index contributed by atoms with van der Waals surface area (Å²) in [5, 5.41) is 0.880. The fourth-order valence-corrected chi connectivity index (χ4v) is 2.68. The van der Waals surface area contributed by atoms with Crippen LogP contribution < -0.4 is 0 Å². The lowest BCUT2D eigenvalue weighted by molar-refractivity contribution is 0.631. The van der Waals surface area contributed by atoms with Gasteiger partial charge in [0.15, 0.2) is 5.82 Å². The Morgan fingerprint density at radius 1 is 0.857 bits per heavy atom. The second kappa shape index (κ2) is 8.93. The Balaban J connectivity index is 1.88. The van der Waals surface area contributed by atoms with Gasteiger partial charge in [-0.15, -0.1) is 0 Å². The van der Waals surface area contributed by atoms with E-state index in [0.29, 0.717) is 0 Å². The third-order valence-corrected chi connectivity index (χ3v) is 4.29. The van der Waals surface area contributed by atoms with Crippen molar-refractivity contribution in [3.63, 3.8) is 0 Å². The number of hydrogen-bond acceptors (Lipinski definition) is 2. The van der Waals surface area contributed by atoms with E-state index in [0.717, 1.165) is 23.1 Å². The Morgan fingerprint density at radius 3 is 2.14 bits per heavy atom. The lowest BCUT2D eigenvalue weighted by atomic mass is 10.1. The SMILES string of the molecule is CCCCCCCc1cnc(-c2ccc(CBr)cc2)nc1. The molecular formula is C18H23BrN2. The van der Waals surface area contributed by atoms with Crippen LogP contribution in [0.1, 0.15) is 50.2 Å². The second-order valence-electron chi connectivity index (χ2n) is 5.41. The fourth-order valence-electron chi connectivity index (χ4n) is 2.31. The molecule has 0 saturated carbocycles. The van der Waals surface area contributed by atoms with E-state index in [9.17, 15) is 0 Å². The predicted octanol–water partition coefficient (Wildman–Crippen LogP) is 5.55. The Bertz CT molecular complexity index is 520. The van der Waals surface area contributed by atoms with E-state index in [1.807, 2.05) is 12.4 Å². The van der Waals surface area contributed by atoms with Crippen molar-refractivity contribution in [2.24, 2.45) is 0 Å². The number of alkyl halides is 1. The van der Waals surface area contributed by atoms with Gasteiger partial charge in [-0.25, -0.2) is 9.97 Å². The van der Waals surface area contributed by atoms with Crippen LogP contribution in [-0.2, 0) is 11.8 Å². The van der Waals surface area contributed by atoms with Gasteiger partial charge < -0.3 is 0 Å². The Hall–Kier alpha value is -1.22. The van der Waals surface area contributed by atoms with E-state index in [2.05, 4.69) is 57.1 Å². The minimum absolute atomic E-state index is 0.811. The zero-order valence-electron chi connectivity index (χ0n) is 12.7. The average molecular weight is 347 g/mol. The molecule has 1 heterocycles.